The van der Waals surface area contributed by atoms with Crippen molar-refractivity contribution in [3.8, 4) is 0 Å². The second-order valence-electron chi connectivity index (χ2n) is 6.32. The van der Waals surface area contributed by atoms with Gasteiger partial charge in [-0.3, -0.25) is 9.59 Å². The van der Waals surface area contributed by atoms with Gasteiger partial charge in [-0.05, 0) is 25.0 Å². The summed E-state index contributed by atoms with van der Waals surface area (Å²) < 4.78 is 0. The second-order valence-corrected chi connectivity index (χ2v) is 6.32. The fourth-order valence-corrected chi connectivity index (χ4v) is 2.88. The molecule has 0 spiro atoms. The first-order valence-corrected chi connectivity index (χ1v) is 8.12. The Morgan fingerprint density at radius 2 is 0.931 bits per heavy atom. The monoisotopic (exact) mass is 404 g/mol. The molecule has 0 saturated heterocycles. The molecule has 2 atom stereocenters. The molecule has 2 aromatic carbocycles. The van der Waals surface area contributed by atoms with Gasteiger partial charge >= 0.3 is 11.9 Å². The number of hydrogen-bond acceptors (Lipinski definition) is 6. The van der Waals surface area contributed by atoms with Crippen LogP contribution in [0.1, 0.15) is 31.8 Å². The Kier molecular flexibility index (Phi) is 6.78. The maximum atomic E-state index is 12.9. The van der Waals surface area contributed by atoms with E-state index < -0.39 is 34.7 Å². The molecule has 0 aromatic heterocycles. The van der Waals surface area contributed by atoms with Crippen LogP contribution in [0.3, 0.4) is 0 Å². The maximum Gasteiger partial charge on any atom is 0.348 e. The summed E-state index contributed by atoms with van der Waals surface area (Å²) in [6, 6.07) is 11.0. The molecular weight excluding hydrogens is 384 g/mol. The highest BCUT2D eigenvalue weighted by Gasteiger charge is 2.70. The van der Waals surface area contributed by atoms with E-state index in [4.69, 9.17) is 0 Å². The van der Waals surface area contributed by atoms with Crippen LogP contribution in [0, 0.1) is 13.8 Å². The summed E-state index contributed by atoms with van der Waals surface area (Å²) in [7, 11) is 0. The zero-order valence-corrected chi connectivity index (χ0v) is 15.5. The molecule has 29 heavy (non-hydrogen) atoms. The SMILES string of the molecule is Cc1ccccc1C(=O)C(O)(C(=O)O)C(O)(C(=O)O)C(=O)c1ccccc1C.O. The quantitative estimate of drug-likeness (QED) is 0.372. The normalized spacial score (nSPS) is 14.6. The van der Waals surface area contributed by atoms with Gasteiger partial charge in [-0.15, -0.1) is 0 Å². The summed E-state index contributed by atoms with van der Waals surface area (Å²) in [4.78, 5) is 49.5. The Morgan fingerprint density at radius 3 is 1.17 bits per heavy atom. The zero-order valence-electron chi connectivity index (χ0n) is 15.5. The number of ketones is 2. The van der Waals surface area contributed by atoms with Gasteiger partial charge in [0, 0.05) is 11.1 Å². The highest BCUT2D eigenvalue weighted by Crippen LogP contribution is 2.33. The van der Waals surface area contributed by atoms with Crippen LogP contribution in [0.15, 0.2) is 48.5 Å². The Morgan fingerprint density at radius 1 is 0.655 bits per heavy atom. The molecule has 9 heteroatoms. The van der Waals surface area contributed by atoms with Gasteiger partial charge in [0.25, 0.3) is 11.2 Å². The van der Waals surface area contributed by atoms with Crippen LogP contribution in [0.25, 0.3) is 0 Å². The maximum absolute atomic E-state index is 12.9. The predicted molar refractivity (Wildman–Crippen MR) is 99.8 cm³/mol. The lowest BCUT2D eigenvalue weighted by Gasteiger charge is -2.35. The number of aliphatic carboxylic acids is 2. The van der Waals surface area contributed by atoms with Gasteiger partial charge in [0.2, 0.25) is 11.6 Å². The summed E-state index contributed by atoms with van der Waals surface area (Å²) in [5.41, 5.74) is -8.17. The second kappa shape index (κ2) is 8.31. The number of benzene rings is 2. The number of hydrogen-bond donors (Lipinski definition) is 4. The third kappa shape index (κ3) is 3.54. The van der Waals surface area contributed by atoms with Crippen molar-refractivity contribution in [1.29, 1.82) is 0 Å². The molecule has 0 aliphatic carbocycles. The fraction of sp³-hybridized carbons (Fsp3) is 0.200. The van der Waals surface area contributed by atoms with Crippen LogP contribution in [-0.2, 0) is 9.59 Å². The van der Waals surface area contributed by atoms with Crippen LogP contribution in [-0.4, -0.2) is 60.6 Å². The summed E-state index contributed by atoms with van der Waals surface area (Å²) in [6.07, 6.45) is 0. The molecule has 0 saturated carbocycles. The van der Waals surface area contributed by atoms with Crippen molar-refractivity contribution in [3.05, 3.63) is 70.8 Å². The van der Waals surface area contributed by atoms with E-state index in [1.54, 1.807) is 0 Å². The smallest absolute Gasteiger partial charge is 0.348 e. The summed E-state index contributed by atoms with van der Waals surface area (Å²) >= 11 is 0. The number of carboxylic acid groups (broad SMARTS) is 2. The number of aryl methyl sites for hydroxylation is 2. The summed E-state index contributed by atoms with van der Waals surface area (Å²) in [5.74, 6) is -7.98. The number of carboxylic acids is 2. The third-order valence-electron chi connectivity index (χ3n) is 4.58. The molecule has 0 bridgehead atoms. The van der Waals surface area contributed by atoms with Crippen LogP contribution in [0.2, 0.25) is 0 Å². The van der Waals surface area contributed by atoms with Gasteiger partial charge in [-0.25, -0.2) is 9.59 Å². The topological polar surface area (TPSA) is 181 Å². The van der Waals surface area contributed by atoms with Gasteiger partial charge in [0.05, 0.1) is 0 Å². The number of rotatable bonds is 7. The van der Waals surface area contributed by atoms with Crippen LogP contribution < -0.4 is 0 Å². The highest BCUT2D eigenvalue weighted by atomic mass is 16.5. The highest BCUT2D eigenvalue weighted by molar-refractivity contribution is 6.28. The van der Waals surface area contributed by atoms with E-state index in [1.807, 2.05) is 0 Å². The number of carbonyl (C=O) groups is 4. The van der Waals surface area contributed by atoms with Crippen LogP contribution in [0.4, 0.5) is 0 Å². The first-order valence-electron chi connectivity index (χ1n) is 8.12. The number of carbonyl (C=O) groups excluding carboxylic acids is 2. The molecule has 9 nitrogen and oxygen atoms in total. The fourth-order valence-electron chi connectivity index (χ4n) is 2.88. The molecule has 154 valence electrons. The van der Waals surface area contributed by atoms with Crippen molar-refractivity contribution in [2.45, 2.75) is 25.0 Å². The minimum Gasteiger partial charge on any atom is -0.479 e. The molecule has 0 aliphatic heterocycles. The first-order chi connectivity index (χ1) is 13.0. The molecule has 0 aliphatic rings. The molecule has 0 fully saturated rings. The average Bonchev–Trinajstić information content (AvgIpc) is 2.65. The standard InChI is InChI=1S/C20H18O8.H2O/c1-11-7-3-5-9-13(11)15(21)19(27,17(23)24)20(28,18(25)26)16(22)14-10-6-4-8-12(14)2;/h3-10,27-28H,1-2H3,(H,23,24)(H,25,26);1H2. The van der Waals surface area contributed by atoms with Crippen molar-refractivity contribution < 1.29 is 45.1 Å². The van der Waals surface area contributed by atoms with Crippen LogP contribution >= 0.6 is 0 Å². The lowest BCUT2D eigenvalue weighted by atomic mass is 9.72. The van der Waals surface area contributed by atoms with Gasteiger partial charge in [0.15, 0.2) is 0 Å². The van der Waals surface area contributed by atoms with E-state index in [2.05, 4.69) is 0 Å². The van der Waals surface area contributed by atoms with Gasteiger partial charge in [-0.2, -0.15) is 0 Å². The number of Topliss-reactive ketones (excluding diaryl/α,β-unsaturated/α-hetero) is 2. The van der Waals surface area contributed by atoms with Crippen LogP contribution in [0.5, 0.6) is 0 Å². The van der Waals surface area contributed by atoms with E-state index in [0.717, 1.165) is 12.1 Å². The van der Waals surface area contributed by atoms with Crippen molar-refractivity contribution in [1.82, 2.24) is 0 Å². The summed E-state index contributed by atoms with van der Waals surface area (Å²) in [6.45, 7) is 2.86. The molecular formula is C20H20O9. The molecule has 6 N–H and O–H groups in total. The van der Waals surface area contributed by atoms with E-state index in [9.17, 15) is 39.6 Å². The molecule has 0 amide bonds. The van der Waals surface area contributed by atoms with E-state index in [-0.39, 0.29) is 27.7 Å². The van der Waals surface area contributed by atoms with Gasteiger partial charge in [0.1, 0.15) is 0 Å². The minimum absolute atomic E-state index is 0. The van der Waals surface area contributed by atoms with E-state index in [0.29, 0.717) is 0 Å². The van der Waals surface area contributed by atoms with Crippen molar-refractivity contribution in [2.24, 2.45) is 0 Å². The van der Waals surface area contributed by atoms with E-state index in [1.165, 1.54) is 50.2 Å². The molecule has 2 unspecified atom stereocenters. The third-order valence-corrected chi connectivity index (χ3v) is 4.58. The molecule has 2 aromatic rings. The van der Waals surface area contributed by atoms with E-state index >= 15 is 0 Å². The number of aliphatic hydroxyl groups is 2. The van der Waals surface area contributed by atoms with Crippen molar-refractivity contribution in [2.75, 3.05) is 0 Å². The minimum atomic E-state index is -3.97. The lowest BCUT2D eigenvalue weighted by molar-refractivity contribution is -0.187. The average molecular weight is 404 g/mol. The lowest BCUT2D eigenvalue weighted by Crippen LogP contribution is -2.71. The Labute approximate surface area is 165 Å². The van der Waals surface area contributed by atoms with Crippen molar-refractivity contribution >= 4 is 23.5 Å². The Balaban J connectivity index is 0.00000420. The predicted octanol–water partition coefficient (Wildman–Crippen LogP) is 0.176. The van der Waals surface area contributed by atoms with Crippen molar-refractivity contribution in [3.63, 3.8) is 0 Å². The molecule has 0 heterocycles. The van der Waals surface area contributed by atoms with Gasteiger partial charge < -0.3 is 25.9 Å². The molecule has 0 radical (unpaired) electrons. The largest absolute Gasteiger partial charge is 0.479 e. The first kappa shape index (κ1) is 23.6. The summed E-state index contributed by atoms with van der Waals surface area (Å²) in [5, 5.41) is 40.6. The van der Waals surface area contributed by atoms with Gasteiger partial charge in [-0.1, -0.05) is 48.5 Å². The zero-order chi connectivity index (χ0) is 21.3. The Hall–Kier alpha value is -3.40. The molecule has 2 rings (SSSR count). The Bertz CT molecular complexity index is 902.